The Bertz CT molecular complexity index is 1410. The number of benzene rings is 2. The van der Waals surface area contributed by atoms with Crippen LogP contribution in [0.25, 0.3) is 10.9 Å². The van der Waals surface area contributed by atoms with Crippen molar-refractivity contribution < 1.29 is 14.6 Å². The Morgan fingerprint density at radius 2 is 2.11 bits per heavy atom. The van der Waals surface area contributed by atoms with E-state index in [1.54, 1.807) is 18.2 Å². The van der Waals surface area contributed by atoms with Gasteiger partial charge in [-0.25, -0.2) is 0 Å². The Balaban J connectivity index is 1.19. The molecule has 2 aliphatic rings. The smallest absolute Gasteiger partial charge is 0.160 e. The van der Waals surface area contributed by atoms with Crippen LogP contribution < -0.4 is 10.1 Å². The molecule has 1 heterocycles. The van der Waals surface area contributed by atoms with Crippen LogP contribution in [0.5, 0.6) is 11.5 Å². The molecule has 198 valence electrons. The van der Waals surface area contributed by atoms with Crippen LogP contribution in [0.15, 0.2) is 60.2 Å². The van der Waals surface area contributed by atoms with Crippen LogP contribution in [0.3, 0.4) is 0 Å². The van der Waals surface area contributed by atoms with Gasteiger partial charge in [0.25, 0.3) is 0 Å². The molecule has 1 aromatic heterocycles. The second kappa shape index (κ2) is 11.6. The number of carbonyl (C=O) groups excluding carboxylic acids is 1. The fraction of sp³-hybridized carbons (Fsp3) is 0.375. The first kappa shape index (κ1) is 26.3. The number of pyridine rings is 1. The van der Waals surface area contributed by atoms with Crippen molar-refractivity contribution in [3.05, 3.63) is 82.0 Å². The molecule has 2 bridgehead atoms. The molecule has 2 aromatic carbocycles. The first-order valence-corrected chi connectivity index (χ1v) is 13.9. The van der Waals surface area contributed by atoms with Gasteiger partial charge in [0, 0.05) is 40.3 Å². The number of methoxy groups -OCH3 is 1. The van der Waals surface area contributed by atoms with Gasteiger partial charge in [0.15, 0.2) is 17.3 Å². The number of phenolic OH excluding ortho intramolecular Hbond substituents is 1. The summed E-state index contributed by atoms with van der Waals surface area (Å²) in [5.41, 5.74) is 7.22. The molecule has 2 aliphatic carbocycles. The fourth-order valence-electron chi connectivity index (χ4n) is 5.95. The summed E-state index contributed by atoms with van der Waals surface area (Å²) in [7, 11) is 1.52. The number of anilines is 1. The zero-order valence-corrected chi connectivity index (χ0v) is 22.9. The highest BCUT2D eigenvalue weighted by Crippen LogP contribution is 2.47. The fourth-order valence-corrected chi connectivity index (χ4v) is 6.12. The van der Waals surface area contributed by atoms with Crippen LogP contribution in [-0.4, -0.2) is 29.5 Å². The van der Waals surface area contributed by atoms with Gasteiger partial charge < -0.3 is 15.2 Å². The topological polar surface area (TPSA) is 71.5 Å². The predicted octanol–water partition coefficient (Wildman–Crippen LogP) is 7.55. The minimum Gasteiger partial charge on any atom is -0.504 e. The number of nitrogens with zero attached hydrogens (tertiary/aromatic N) is 1. The van der Waals surface area contributed by atoms with Gasteiger partial charge in [0.1, 0.15) is 0 Å². The Hall–Kier alpha value is -3.31. The molecule has 3 aromatic rings. The molecular formula is C32H35ClN2O3. The summed E-state index contributed by atoms with van der Waals surface area (Å²) < 4.78 is 5.14. The van der Waals surface area contributed by atoms with Crippen LogP contribution in [-0.2, 0) is 17.6 Å². The second-order valence-corrected chi connectivity index (χ2v) is 11.0. The van der Waals surface area contributed by atoms with E-state index < -0.39 is 0 Å². The summed E-state index contributed by atoms with van der Waals surface area (Å²) in [5, 5.41) is 15.3. The first-order chi connectivity index (χ1) is 18.4. The quantitative estimate of drug-likeness (QED) is 0.161. The Morgan fingerprint density at radius 1 is 1.24 bits per heavy atom. The molecule has 0 aliphatic heterocycles. The number of rotatable bonds is 10. The summed E-state index contributed by atoms with van der Waals surface area (Å²) in [6, 6.07) is 11.2. The largest absolute Gasteiger partial charge is 0.504 e. The lowest BCUT2D eigenvalue weighted by atomic mass is 9.71. The van der Waals surface area contributed by atoms with E-state index in [-0.39, 0.29) is 11.5 Å². The maximum atomic E-state index is 12.3. The van der Waals surface area contributed by atoms with E-state index in [1.807, 2.05) is 24.3 Å². The number of fused-ring (bicyclic) bond motifs is 5. The molecule has 2 N–H and O–H groups in total. The first-order valence-electron chi connectivity index (χ1n) is 13.5. The van der Waals surface area contributed by atoms with Gasteiger partial charge in [-0.15, -0.1) is 0 Å². The van der Waals surface area contributed by atoms with Crippen molar-refractivity contribution in [3.63, 3.8) is 0 Å². The third-order valence-electron chi connectivity index (χ3n) is 7.66. The monoisotopic (exact) mass is 530 g/mol. The molecule has 0 saturated heterocycles. The SMILES string of the molecule is COc1cc(CCC(=O)/C=C/CCCNc2c3c(nc4cc(Cl)ccc24)CC2C=C(C)CC3C2)ccc1O. The Labute approximate surface area is 229 Å². The third kappa shape index (κ3) is 5.88. The van der Waals surface area contributed by atoms with E-state index >= 15 is 0 Å². The number of nitrogens with one attached hydrogen (secondary N) is 1. The number of unbranched alkanes of at least 4 members (excludes halogenated alkanes) is 1. The lowest BCUT2D eigenvalue weighted by Gasteiger charge is -2.36. The van der Waals surface area contributed by atoms with Gasteiger partial charge in [0.05, 0.1) is 12.6 Å². The Kier molecular flexibility index (Phi) is 8.04. The second-order valence-electron chi connectivity index (χ2n) is 10.6. The van der Waals surface area contributed by atoms with Crippen molar-refractivity contribution in [1.82, 2.24) is 4.98 Å². The van der Waals surface area contributed by atoms with Crippen molar-refractivity contribution in [2.75, 3.05) is 19.0 Å². The van der Waals surface area contributed by atoms with Crippen molar-refractivity contribution in [2.24, 2.45) is 5.92 Å². The highest BCUT2D eigenvalue weighted by atomic mass is 35.5. The molecule has 2 atom stereocenters. The van der Waals surface area contributed by atoms with Crippen molar-refractivity contribution in [1.29, 1.82) is 0 Å². The molecule has 0 fully saturated rings. The number of hydrogen-bond acceptors (Lipinski definition) is 5. The van der Waals surface area contributed by atoms with Crippen LogP contribution in [0, 0.1) is 5.92 Å². The highest BCUT2D eigenvalue weighted by Gasteiger charge is 2.33. The standard InChI is InChI=1S/C32H35ClN2O3/c1-20-14-22-16-23(15-20)31-28(17-22)35-27-19-24(33)9-11-26(27)32(31)34-13-5-3-4-6-25(36)10-7-21-8-12-29(37)30(18-21)38-2/h4,6,8-9,11-12,14,18-19,22-23,37H,3,5,7,10,13,15-17H2,1-2H3,(H,34,35)/b6-4+. The zero-order valence-electron chi connectivity index (χ0n) is 22.1. The average Bonchev–Trinajstić information content (AvgIpc) is 2.89. The summed E-state index contributed by atoms with van der Waals surface area (Å²) in [4.78, 5) is 17.4. The van der Waals surface area contributed by atoms with E-state index in [4.69, 9.17) is 21.3 Å². The van der Waals surface area contributed by atoms with Crippen molar-refractivity contribution in [3.8, 4) is 11.5 Å². The molecule has 0 saturated carbocycles. The molecule has 2 unspecified atom stereocenters. The molecule has 0 radical (unpaired) electrons. The van der Waals surface area contributed by atoms with Crippen molar-refractivity contribution >= 4 is 34.0 Å². The van der Waals surface area contributed by atoms with E-state index in [1.165, 1.54) is 36.0 Å². The predicted molar refractivity (Wildman–Crippen MR) is 155 cm³/mol. The number of aromatic nitrogens is 1. The van der Waals surface area contributed by atoms with Gasteiger partial charge in [-0.05, 0) is 99.3 Å². The normalized spacial score (nSPS) is 18.3. The molecular weight excluding hydrogens is 496 g/mol. The van der Waals surface area contributed by atoms with Gasteiger partial charge in [-0.1, -0.05) is 35.4 Å². The summed E-state index contributed by atoms with van der Waals surface area (Å²) >= 11 is 6.31. The van der Waals surface area contributed by atoms with Crippen molar-refractivity contribution in [2.45, 2.75) is 57.8 Å². The number of phenols is 1. The average molecular weight is 531 g/mol. The lowest BCUT2D eigenvalue weighted by molar-refractivity contribution is -0.114. The zero-order chi connectivity index (χ0) is 26.6. The molecule has 5 rings (SSSR count). The number of ketones is 1. The third-order valence-corrected chi connectivity index (χ3v) is 7.90. The number of halogens is 1. The minimum atomic E-state index is 0.103. The molecule has 5 nitrogen and oxygen atoms in total. The molecule has 38 heavy (non-hydrogen) atoms. The number of carbonyl (C=O) groups is 1. The number of aryl methyl sites for hydroxylation is 1. The minimum absolute atomic E-state index is 0.103. The van der Waals surface area contributed by atoms with Gasteiger partial charge in [0.2, 0.25) is 0 Å². The summed E-state index contributed by atoms with van der Waals surface area (Å²) in [5.74, 6) is 1.73. The molecule has 6 heteroatoms. The number of allylic oxidation sites excluding steroid dienone is 4. The van der Waals surface area contributed by atoms with Gasteiger partial charge in [-0.3, -0.25) is 9.78 Å². The van der Waals surface area contributed by atoms with E-state index in [0.29, 0.717) is 35.4 Å². The highest BCUT2D eigenvalue weighted by molar-refractivity contribution is 6.31. The maximum absolute atomic E-state index is 12.3. The van der Waals surface area contributed by atoms with Crippen LogP contribution in [0.4, 0.5) is 5.69 Å². The number of ether oxygens (including phenoxy) is 1. The van der Waals surface area contributed by atoms with E-state index in [9.17, 15) is 9.90 Å². The van der Waals surface area contributed by atoms with Crippen LogP contribution in [0.2, 0.25) is 5.02 Å². The molecule has 0 amide bonds. The number of hydrogen-bond donors (Lipinski definition) is 2. The van der Waals surface area contributed by atoms with E-state index in [0.717, 1.165) is 48.7 Å². The maximum Gasteiger partial charge on any atom is 0.160 e. The van der Waals surface area contributed by atoms with Crippen LogP contribution >= 0.6 is 11.6 Å². The van der Waals surface area contributed by atoms with E-state index in [2.05, 4.69) is 24.4 Å². The number of aromatic hydroxyl groups is 1. The summed E-state index contributed by atoms with van der Waals surface area (Å²) in [6.45, 7) is 3.08. The summed E-state index contributed by atoms with van der Waals surface area (Å²) in [6.07, 6.45) is 12.2. The molecule has 0 spiro atoms. The Morgan fingerprint density at radius 3 is 2.95 bits per heavy atom. The van der Waals surface area contributed by atoms with Gasteiger partial charge in [-0.2, -0.15) is 0 Å². The van der Waals surface area contributed by atoms with Gasteiger partial charge >= 0.3 is 0 Å². The lowest BCUT2D eigenvalue weighted by Crippen LogP contribution is -2.24. The van der Waals surface area contributed by atoms with Crippen LogP contribution in [0.1, 0.15) is 61.8 Å².